The topological polar surface area (TPSA) is 140 Å². The number of methoxy groups -OCH3 is 1. The molecule has 2 aliphatic rings. The minimum Gasteiger partial charge on any atom is -0.494 e. The van der Waals surface area contributed by atoms with Crippen molar-refractivity contribution in [3.05, 3.63) is 40.8 Å². The van der Waals surface area contributed by atoms with Crippen LogP contribution in [0.2, 0.25) is 0 Å². The van der Waals surface area contributed by atoms with E-state index in [0.29, 0.717) is 10.9 Å². The van der Waals surface area contributed by atoms with E-state index in [2.05, 4.69) is 37.3 Å². The molecular formula is C28H27F2N7O5S. The first-order valence-electron chi connectivity index (χ1n) is 13.4. The van der Waals surface area contributed by atoms with E-state index in [4.69, 9.17) is 9.47 Å². The third-order valence-corrected chi connectivity index (χ3v) is 7.21. The summed E-state index contributed by atoms with van der Waals surface area (Å²) in [5.74, 6) is 5.58. The molecule has 1 aliphatic carbocycles. The third-order valence-electron chi connectivity index (χ3n) is 6.45. The van der Waals surface area contributed by atoms with Gasteiger partial charge >= 0.3 is 6.09 Å². The number of anilines is 2. The maximum Gasteiger partial charge on any atom is 0.410 e. The van der Waals surface area contributed by atoms with Crippen LogP contribution in [0.15, 0.2) is 24.5 Å². The van der Waals surface area contributed by atoms with Gasteiger partial charge in [0.2, 0.25) is 11.0 Å². The molecule has 1 saturated carbocycles. The molecule has 5 rings (SSSR count). The SMILES string of the molecule is COc1cnc(C(F)F)cc1-c1cc(N2CCN(C(=O)OC(C)C)CC2=O)ncc1C(=O)Nc1nnc(C#CC2CC2)s1. The van der Waals surface area contributed by atoms with Gasteiger partial charge in [0.1, 0.15) is 23.8 Å². The fourth-order valence-electron chi connectivity index (χ4n) is 4.17. The van der Waals surface area contributed by atoms with E-state index in [0.717, 1.165) is 36.4 Å². The quantitative estimate of drug-likeness (QED) is 0.390. The second-order valence-corrected chi connectivity index (χ2v) is 11.0. The smallest absolute Gasteiger partial charge is 0.410 e. The highest BCUT2D eigenvalue weighted by molar-refractivity contribution is 7.15. The predicted molar refractivity (Wildman–Crippen MR) is 152 cm³/mol. The first kappa shape index (κ1) is 29.8. The van der Waals surface area contributed by atoms with E-state index in [1.54, 1.807) is 13.8 Å². The Hall–Kier alpha value is -4.71. The van der Waals surface area contributed by atoms with Crippen molar-refractivity contribution in [2.24, 2.45) is 5.92 Å². The number of amides is 3. The van der Waals surface area contributed by atoms with Crippen molar-refractivity contribution in [1.82, 2.24) is 25.1 Å². The van der Waals surface area contributed by atoms with Crippen LogP contribution in [0.25, 0.3) is 11.1 Å². The molecule has 3 aromatic rings. The van der Waals surface area contributed by atoms with Gasteiger partial charge in [-0.05, 0) is 44.7 Å². The summed E-state index contributed by atoms with van der Waals surface area (Å²) >= 11 is 1.10. The van der Waals surface area contributed by atoms with Gasteiger partial charge in [0.05, 0.1) is 25.0 Å². The van der Waals surface area contributed by atoms with E-state index >= 15 is 0 Å². The Morgan fingerprint density at radius 1 is 1.12 bits per heavy atom. The van der Waals surface area contributed by atoms with Gasteiger partial charge in [-0.2, -0.15) is 0 Å². The van der Waals surface area contributed by atoms with Crippen LogP contribution in [0, 0.1) is 17.8 Å². The zero-order valence-electron chi connectivity index (χ0n) is 23.5. The number of aromatic nitrogens is 4. The second kappa shape index (κ2) is 12.7. The van der Waals surface area contributed by atoms with Gasteiger partial charge < -0.3 is 9.47 Å². The van der Waals surface area contributed by atoms with Gasteiger partial charge in [0.25, 0.3) is 12.3 Å². The molecule has 0 unspecified atom stereocenters. The van der Waals surface area contributed by atoms with Crippen molar-refractivity contribution in [3.8, 4) is 28.7 Å². The van der Waals surface area contributed by atoms with Crippen LogP contribution in [0.3, 0.4) is 0 Å². The van der Waals surface area contributed by atoms with Crippen LogP contribution >= 0.6 is 11.3 Å². The number of nitrogens with zero attached hydrogens (tertiary/aromatic N) is 6. The Balaban J connectivity index is 1.48. The third kappa shape index (κ3) is 7.03. The molecule has 3 amide bonds. The molecule has 1 aliphatic heterocycles. The highest BCUT2D eigenvalue weighted by Gasteiger charge is 2.31. The largest absolute Gasteiger partial charge is 0.494 e. The van der Waals surface area contributed by atoms with E-state index in [-0.39, 0.29) is 59.1 Å². The van der Waals surface area contributed by atoms with Crippen LogP contribution in [0.4, 0.5) is 24.5 Å². The zero-order valence-corrected chi connectivity index (χ0v) is 24.3. The molecule has 2 fully saturated rings. The van der Waals surface area contributed by atoms with Crippen molar-refractivity contribution < 1.29 is 32.6 Å². The number of pyridine rings is 2. The van der Waals surface area contributed by atoms with E-state index in [1.165, 1.54) is 29.2 Å². The van der Waals surface area contributed by atoms with Crippen molar-refractivity contribution in [1.29, 1.82) is 0 Å². The number of hydrogen-bond acceptors (Lipinski definition) is 10. The van der Waals surface area contributed by atoms with E-state index < -0.39 is 30.0 Å². The van der Waals surface area contributed by atoms with Gasteiger partial charge in [0, 0.05) is 36.3 Å². The second-order valence-electron chi connectivity index (χ2n) is 10.0. The Kier molecular flexibility index (Phi) is 8.76. The first-order chi connectivity index (χ1) is 20.6. The zero-order chi connectivity index (χ0) is 30.7. The Labute approximate surface area is 249 Å². The highest BCUT2D eigenvalue weighted by atomic mass is 32.1. The number of ether oxygens (including phenoxy) is 2. The number of alkyl halides is 2. The van der Waals surface area contributed by atoms with E-state index in [9.17, 15) is 23.2 Å². The van der Waals surface area contributed by atoms with Crippen LogP contribution < -0.4 is 15.0 Å². The van der Waals surface area contributed by atoms with Crippen molar-refractivity contribution >= 4 is 40.2 Å². The van der Waals surface area contributed by atoms with E-state index in [1.807, 2.05) is 0 Å². The molecule has 0 aromatic carbocycles. The van der Waals surface area contributed by atoms with Crippen molar-refractivity contribution in [2.75, 3.05) is 37.0 Å². The summed E-state index contributed by atoms with van der Waals surface area (Å²) in [7, 11) is 1.34. The summed E-state index contributed by atoms with van der Waals surface area (Å²) in [6, 6.07) is 2.56. The van der Waals surface area contributed by atoms with Crippen LogP contribution in [-0.4, -0.2) is 75.8 Å². The monoisotopic (exact) mass is 611 g/mol. The Morgan fingerprint density at radius 2 is 1.91 bits per heavy atom. The van der Waals surface area contributed by atoms with Crippen molar-refractivity contribution in [2.45, 2.75) is 39.2 Å². The number of hydrogen-bond donors (Lipinski definition) is 1. The number of nitrogens with one attached hydrogen (secondary N) is 1. The van der Waals surface area contributed by atoms with Crippen LogP contribution in [0.5, 0.6) is 5.75 Å². The van der Waals surface area contributed by atoms with Crippen LogP contribution in [0.1, 0.15) is 54.2 Å². The Bertz CT molecular complexity index is 1620. The molecule has 4 heterocycles. The minimum atomic E-state index is -2.89. The number of carbonyl (C=O) groups excluding carboxylic acids is 3. The lowest BCUT2D eigenvalue weighted by molar-refractivity contribution is -0.121. The maximum absolute atomic E-state index is 13.7. The summed E-state index contributed by atoms with van der Waals surface area (Å²) in [6.07, 6.45) is 0.641. The molecule has 3 aromatic heterocycles. The molecule has 0 atom stereocenters. The lowest BCUT2D eigenvalue weighted by Crippen LogP contribution is -2.53. The fraction of sp³-hybridized carbons (Fsp3) is 0.393. The van der Waals surface area contributed by atoms with Gasteiger partial charge in [-0.15, -0.1) is 10.2 Å². The van der Waals surface area contributed by atoms with Gasteiger partial charge in [-0.1, -0.05) is 17.3 Å². The summed E-state index contributed by atoms with van der Waals surface area (Å²) < 4.78 is 37.9. The van der Waals surface area contributed by atoms with Crippen LogP contribution in [-0.2, 0) is 9.53 Å². The van der Waals surface area contributed by atoms with Gasteiger partial charge in [0.15, 0.2) is 5.01 Å². The molecule has 224 valence electrons. The maximum atomic E-state index is 13.7. The number of carbonyl (C=O) groups is 3. The summed E-state index contributed by atoms with van der Waals surface area (Å²) in [4.78, 5) is 49.6. The predicted octanol–water partition coefficient (Wildman–Crippen LogP) is 4.15. The first-order valence-corrected chi connectivity index (χ1v) is 14.2. The molecule has 1 N–H and O–H groups in total. The summed E-state index contributed by atoms with van der Waals surface area (Å²) in [5, 5.41) is 11.3. The standard InChI is InChI=1S/C28H27F2N7O5S/c1-15(2)42-28(40)36-8-9-37(24(38)14-36)22-11-17(18-10-20(25(29)30)31-13-21(18)41-3)19(12-32-22)26(39)33-27-35-34-23(43-27)7-6-16-4-5-16/h10-13,15-16,25H,4-5,8-9,14H2,1-3H3,(H,33,35,39). The number of halogens is 2. The average molecular weight is 612 g/mol. The van der Waals surface area contributed by atoms with Gasteiger partial charge in [-0.25, -0.2) is 18.6 Å². The summed E-state index contributed by atoms with van der Waals surface area (Å²) in [6.45, 7) is 3.43. The van der Waals surface area contributed by atoms with Gasteiger partial charge in [-0.3, -0.25) is 29.7 Å². The number of piperazine rings is 1. The molecule has 15 heteroatoms. The highest BCUT2D eigenvalue weighted by Crippen LogP contribution is 2.36. The number of rotatable bonds is 7. The molecule has 1 saturated heterocycles. The molecule has 0 spiro atoms. The lowest BCUT2D eigenvalue weighted by atomic mass is 9.99. The minimum absolute atomic E-state index is 0.000812. The Morgan fingerprint density at radius 3 is 2.58 bits per heavy atom. The summed E-state index contributed by atoms with van der Waals surface area (Å²) in [5.41, 5.74) is -0.226. The fourth-order valence-corrected chi connectivity index (χ4v) is 4.77. The molecule has 12 nitrogen and oxygen atoms in total. The lowest BCUT2D eigenvalue weighted by Gasteiger charge is -2.33. The molecule has 0 bridgehead atoms. The normalized spacial score (nSPS) is 14.9. The molecule has 0 radical (unpaired) electrons. The molecule has 43 heavy (non-hydrogen) atoms. The molecular weight excluding hydrogens is 584 g/mol. The van der Waals surface area contributed by atoms with Crippen molar-refractivity contribution in [3.63, 3.8) is 0 Å². The average Bonchev–Trinajstić information content (AvgIpc) is 3.72.